The molecule has 17 heavy (non-hydrogen) atoms. The fraction of sp³-hybridized carbons (Fsp3) is 0.667. The Balaban J connectivity index is 2.75. The molecule has 0 heterocycles. The molecule has 0 aromatic carbocycles. The average molecular weight is 235 g/mol. The van der Waals surface area contributed by atoms with Crippen LogP contribution >= 0.6 is 0 Å². The first-order chi connectivity index (χ1) is 7.86. The van der Waals surface area contributed by atoms with Crippen molar-refractivity contribution in [3.8, 4) is 0 Å². The second-order valence-corrected chi connectivity index (χ2v) is 5.49. The van der Waals surface area contributed by atoms with Gasteiger partial charge in [-0.05, 0) is 38.5 Å². The highest BCUT2D eigenvalue weighted by Gasteiger charge is 2.35. The van der Waals surface area contributed by atoms with E-state index in [2.05, 4.69) is 20.1 Å². The Morgan fingerprint density at radius 2 is 1.76 bits per heavy atom. The van der Waals surface area contributed by atoms with Crippen molar-refractivity contribution in [3.05, 3.63) is 24.3 Å². The van der Waals surface area contributed by atoms with Gasteiger partial charge >= 0.3 is 0 Å². The predicted octanol–water partition coefficient (Wildman–Crippen LogP) is 3.09. The molecule has 0 spiro atoms. The van der Waals surface area contributed by atoms with Gasteiger partial charge in [-0.15, -0.1) is 0 Å². The summed E-state index contributed by atoms with van der Waals surface area (Å²) in [6.45, 7) is 13.9. The van der Waals surface area contributed by atoms with Gasteiger partial charge in [0, 0.05) is 12.0 Å². The summed E-state index contributed by atoms with van der Waals surface area (Å²) < 4.78 is 0. The lowest BCUT2D eigenvalue weighted by atomic mass is 9.79. The van der Waals surface area contributed by atoms with Crippen LogP contribution in [0.4, 0.5) is 0 Å². The van der Waals surface area contributed by atoms with E-state index in [0.717, 1.165) is 30.4 Å². The van der Waals surface area contributed by atoms with E-state index in [-0.39, 0.29) is 29.6 Å². The van der Waals surface area contributed by atoms with E-state index in [4.69, 9.17) is 5.73 Å². The summed E-state index contributed by atoms with van der Waals surface area (Å²) in [5.41, 5.74) is 8.35. The van der Waals surface area contributed by atoms with Crippen LogP contribution in [0, 0.1) is 17.8 Å². The van der Waals surface area contributed by atoms with Crippen molar-refractivity contribution in [2.24, 2.45) is 23.5 Å². The lowest BCUT2D eigenvalue weighted by Crippen LogP contribution is -2.35. The van der Waals surface area contributed by atoms with E-state index in [1.54, 1.807) is 6.92 Å². The lowest BCUT2D eigenvalue weighted by Gasteiger charge is -2.28. The Bertz CT molecular complexity index is 332. The highest BCUT2D eigenvalue weighted by molar-refractivity contribution is 5.79. The van der Waals surface area contributed by atoms with E-state index >= 15 is 0 Å². The van der Waals surface area contributed by atoms with E-state index in [9.17, 15) is 4.79 Å². The number of carbonyl (C=O) groups excluding carboxylic acids is 1. The number of rotatable bonds is 5. The zero-order chi connectivity index (χ0) is 13.2. The van der Waals surface area contributed by atoms with Crippen molar-refractivity contribution in [2.45, 2.75) is 46.1 Å². The highest BCUT2D eigenvalue weighted by atomic mass is 16.1. The third kappa shape index (κ3) is 3.06. The number of carbonyl (C=O) groups is 1. The van der Waals surface area contributed by atoms with Crippen LogP contribution < -0.4 is 5.73 Å². The van der Waals surface area contributed by atoms with Gasteiger partial charge in [-0.1, -0.05) is 37.6 Å². The fourth-order valence-electron chi connectivity index (χ4n) is 2.77. The van der Waals surface area contributed by atoms with Crippen LogP contribution in [0.2, 0.25) is 0 Å². The zero-order valence-electron chi connectivity index (χ0n) is 11.3. The SMILES string of the molecule is C=C(C1CCCC1C(C)=O)[C@@H](N)[C@@H](C)C(=C)C. The summed E-state index contributed by atoms with van der Waals surface area (Å²) in [4.78, 5) is 11.6. The normalized spacial score (nSPS) is 27.5. The van der Waals surface area contributed by atoms with Gasteiger partial charge < -0.3 is 5.73 Å². The molecule has 1 fully saturated rings. The van der Waals surface area contributed by atoms with Crippen molar-refractivity contribution in [2.75, 3.05) is 0 Å². The van der Waals surface area contributed by atoms with Gasteiger partial charge in [0.05, 0.1) is 0 Å². The molecule has 0 aromatic heterocycles. The Hall–Kier alpha value is -0.890. The summed E-state index contributed by atoms with van der Waals surface area (Å²) in [7, 11) is 0. The molecule has 96 valence electrons. The summed E-state index contributed by atoms with van der Waals surface area (Å²) in [6, 6.07) is -0.0718. The molecular formula is C15H25NO. The van der Waals surface area contributed by atoms with Gasteiger partial charge in [0.15, 0.2) is 0 Å². The van der Waals surface area contributed by atoms with Crippen molar-refractivity contribution < 1.29 is 4.79 Å². The molecule has 0 amide bonds. The Labute approximate surface area is 105 Å². The molecule has 1 rings (SSSR count). The smallest absolute Gasteiger partial charge is 0.133 e. The standard InChI is InChI=1S/C15H25NO/c1-9(2)10(3)15(16)11(4)13-7-6-8-14(13)12(5)17/h10,13-15H,1,4,6-8,16H2,2-3,5H3/t10-,13?,14?,15-/m0/s1. The van der Waals surface area contributed by atoms with Crippen molar-refractivity contribution in [3.63, 3.8) is 0 Å². The minimum atomic E-state index is -0.0718. The van der Waals surface area contributed by atoms with Crippen LogP contribution in [0.25, 0.3) is 0 Å². The van der Waals surface area contributed by atoms with Crippen LogP contribution in [0.5, 0.6) is 0 Å². The van der Waals surface area contributed by atoms with Crippen molar-refractivity contribution in [1.29, 1.82) is 0 Å². The molecule has 0 aromatic rings. The zero-order valence-corrected chi connectivity index (χ0v) is 11.3. The van der Waals surface area contributed by atoms with Crippen molar-refractivity contribution >= 4 is 5.78 Å². The van der Waals surface area contributed by atoms with Gasteiger partial charge in [-0.25, -0.2) is 0 Å². The van der Waals surface area contributed by atoms with E-state index in [1.165, 1.54) is 0 Å². The van der Waals surface area contributed by atoms with E-state index in [0.29, 0.717) is 0 Å². The molecule has 0 radical (unpaired) electrons. The maximum absolute atomic E-state index is 11.6. The molecule has 2 nitrogen and oxygen atoms in total. The topological polar surface area (TPSA) is 43.1 Å². The molecule has 2 N–H and O–H groups in total. The maximum Gasteiger partial charge on any atom is 0.133 e. The first-order valence-corrected chi connectivity index (χ1v) is 6.46. The summed E-state index contributed by atoms with van der Waals surface area (Å²) >= 11 is 0. The lowest BCUT2D eigenvalue weighted by molar-refractivity contribution is -0.121. The second-order valence-electron chi connectivity index (χ2n) is 5.49. The average Bonchev–Trinajstić information content (AvgIpc) is 2.74. The first-order valence-electron chi connectivity index (χ1n) is 6.46. The van der Waals surface area contributed by atoms with Gasteiger partial charge in [0.2, 0.25) is 0 Å². The van der Waals surface area contributed by atoms with Gasteiger partial charge in [-0.3, -0.25) is 4.79 Å². The fourth-order valence-corrected chi connectivity index (χ4v) is 2.77. The molecular weight excluding hydrogens is 210 g/mol. The van der Waals surface area contributed by atoms with Crippen LogP contribution in [-0.4, -0.2) is 11.8 Å². The summed E-state index contributed by atoms with van der Waals surface area (Å²) in [6.07, 6.45) is 3.16. The highest BCUT2D eigenvalue weighted by Crippen LogP contribution is 2.39. The number of hydrogen-bond acceptors (Lipinski definition) is 2. The maximum atomic E-state index is 11.6. The van der Waals surface area contributed by atoms with Crippen LogP contribution in [-0.2, 0) is 4.79 Å². The van der Waals surface area contributed by atoms with Crippen LogP contribution in [0.3, 0.4) is 0 Å². The molecule has 1 saturated carbocycles. The third-order valence-corrected chi connectivity index (χ3v) is 4.26. The number of nitrogens with two attached hydrogens (primary N) is 1. The van der Waals surface area contributed by atoms with Crippen LogP contribution in [0.15, 0.2) is 24.3 Å². The quantitative estimate of drug-likeness (QED) is 0.744. The number of ketones is 1. The van der Waals surface area contributed by atoms with Gasteiger partial charge in [-0.2, -0.15) is 0 Å². The Morgan fingerprint density at radius 3 is 2.24 bits per heavy atom. The molecule has 2 unspecified atom stereocenters. The Kier molecular flexibility index (Phi) is 4.70. The largest absolute Gasteiger partial charge is 0.324 e. The van der Waals surface area contributed by atoms with Crippen molar-refractivity contribution in [1.82, 2.24) is 0 Å². The third-order valence-electron chi connectivity index (χ3n) is 4.26. The minimum Gasteiger partial charge on any atom is -0.324 e. The number of hydrogen-bond donors (Lipinski definition) is 1. The summed E-state index contributed by atoms with van der Waals surface area (Å²) in [5, 5.41) is 0. The monoisotopic (exact) mass is 235 g/mol. The van der Waals surface area contributed by atoms with Gasteiger partial charge in [0.25, 0.3) is 0 Å². The first kappa shape index (κ1) is 14.2. The predicted molar refractivity (Wildman–Crippen MR) is 72.6 cm³/mol. The molecule has 2 heteroatoms. The molecule has 1 aliphatic carbocycles. The molecule has 0 saturated heterocycles. The molecule has 0 bridgehead atoms. The minimum absolute atomic E-state index is 0.0718. The van der Waals surface area contributed by atoms with E-state index in [1.807, 2.05) is 6.92 Å². The van der Waals surface area contributed by atoms with E-state index < -0.39 is 0 Å². The Morgan fingerprint density at radius 1 is 1.24 bits per heavy atom. The van der Waals surface area contributed by atoms with Gasteiger partial charge in [0.1, 0.15) is 5.78 Å². The van der Waals surface area contributed by atoms with Crippen LogP contribution in [0.1, 0.15) is 40.0 Å². The molecule has 4 atom stereocenters. The number of Topliss-reactive ketones (excluding diaryl/α,β-unsaturated/α-hetero) is 1. The second kappa shape index (κ2) is 5.63. The molecule has 0 aliphatic heterocycles. The summed E-state index contributed by atoms with van der Waals surface area (Å²) in [5.74, 6) is 0.940. The molecule has 1 aliphatic rings.